The zero-order chi connectivity index (χ0) is 50.2. The van der Waals surface area contributed by atoms with E-state index in [4.69, 9.17) is 44.1 Å². The summed E-state index contributed by atoms with van der Waals surface area (Å²) in [7, 11) is 0. The van der Waals surface area contributed by atoms with Crippen molar-refractivity contribution in [3.05, 3.63) is 180 Å². The highest BCUT2D eigenvalue weighted by molar-refractivity contribution is 6.18. The predicted octanol–water partition coefficient (Wildman–Crippen LogP) is 15.2. The molecule has 0 N–H and O–H groups in total. The largest absolute Gasteiger partial charge is 0.493 e. The Kier molecular flexibility index (Phi) is 12.8. The molecule has 0 atom stereocenters. The standard InChI is InChI=1S/C63H60N6O3/c1-61(2,3)37-70-46-25-19-40(20-26-46)43-31-56-50-14-10-13-45(64-50)35-55-49(42-23-29-48(30-24-42)72-39-63(7,8)9)36-60(67-55)54-18-12-17-53(66-54)59-34-44(41-21-27-47(28-22-41)71-38-62(4,5)6)33-58(69-59)52-16-11-15-51(65-52)57(32-43)68-56/h10-36H,37-39H2,1-9H3. The zero-order valence-corrected chi connectivity index (χ0v) is 42.6. The molecular weight excluding hydrogens is 889 g/mol. The number of hydrogen-bond donors (Lipinski definition) is 0. The zero-order valence-electron chi connectivity index (χ0n) is 42.6. The molecule has 0 saturated carbocycles. The number of fused-ring (bicyclic) bond motifs is 16. The monoisotopic (exact) mass is 948 g/mol. The van der Waals surface area contributed by atoms with Crippen LogP contribution in [0.25, 0.3) is 79.5 Å². The first kappa shape index (κ1) is 47.6. The number of benzene rings is 3. The molecule has 9 nitrogen and oxygen atoms in total. The predicted molar refractivity (Wildman–Crippen MR) is 292 cm³/mol. The fraction of sp³-hybridized carbons (Fsp3) is 0.238. The molecule has 2 aliphatic rings. The second kappa shape index (κ2) is 19.3. The Hall–Kier alpha value is -8.04. The van der Waals surface area contributed by atoms with E-state index in [1.54, 1.807) is 0 Å². The molecule has 8 aromatic rings. The number of nitrogens with zero attached hydrogens (tertiary/aromatic N) is 6. The van der Waals surface area contributed by atoms with E-state index in [0.717, 1.165) is 67.7 Å². The van der Waals surface area contributed by atoms with Gasteiger partial charge in [-0.25, -0.2) is 29.9 Å². The fourth-order valence-electron chi connectivity index (χ4n) is 8.20. The minimum absolute atomic E-state index is 0.0309. The molecule has 0 saturated heterocycles. The Labute approximate surface area is 423 Å². The van der Waals surface area contributed by atoms with Gasteiger partial charge in [0.25, 0.3) is 0 Å². The van der Waals surface area contributed by atoms with Crippen molar-refractivity contribution in [1.82, 2.24) is 24.9 Å². The summed E-state index contributed by atoms with van der Waals surface area (Å²) in [6.45, 7) is 21.3. The molecule has 0 unspecified atom stereocenters. The summed E-state index contributed by atoms with van der Waals surface area (Å²) in [5.41, 5.74) is 14.5. The van der Waals surface area contributed by atoms with Gasteiger partial charge in [-0.2, -0.15) is 0 Å². The quantitative estimate of drug-likeness (QED) is 0.141. The van der Waals surface area contributed by atoms with Gasteiger partial charge in [0.15, 0.2) is 0 Å². The van der Waals surface area contributed by atoms with Crippen LogP contribution in [0.3, 0.4) is 0 Å². The number of pyridine rings is 5. The number of aromatic nitrogens is 5. The molecule has 2 aliphatic heterocycles. The molecule has 0 radical (unpaired) electrons. The fourth-order valence-corrected chi connectivity index (χ4v) is 8.20. The Morgan fingerprint density at radius 3 is 1.10 bits per heavy atom. The van der Waals surface area contributed by atoms with Gasteiger partial charge in [0, 0.05) is 5.57 Å². The topological polar surface area (TPSA) is 105 Å². The normalized spacial score (nSPS) is 13.2. The van der Waals surface area contributed by atoms with E-state index in [0.29, 0.717) is 71.1 Å². The number of hydrogen-bond acceptors (Lipinski definition) is 9. The van der Waals surface area contributed by atoms with E-state index in [1.165, 1.54) is 0 Å². The summed E-state index contributed by atoms with van der Waals surface area (Å²) in [5.74, 6) is 2.45. The molecule has 0 spiro atoms. The van der Waals surface area contributed by atoms with Gasteiger partial charge in [-0.05, 0) is 153 Å². The number of aliphatic imine (C=N–C) groups is 1. The van der Waals surface area contributed by atoms with E-state index in [-0.39, 0.29) is 16.2 Å². The molecule has 5 aromatic heterocycles. The lowest BCUT2D eigenvalue weighted by molar-refractivity contribution is 0.198. The number of allylic oxidation sites excluding steroid dienone is 2. The van der Waals surface area contributed by atoms with Gasteiger partial charge in [0.2, 0.25) is 0 Å². The van der Waals surface area contributed by atoms with Crippen LogP contribution in [-0.4, -0.2) is 50.5 Å². The van der Waals surface area contributed by atoms with E-state index in [1.807, 2.05) is 97.1 Å². The second-order valence-corrected chi connectivity index (χ2v) is 22.2. The number of ether oxygens (including phenoxy) is 3. The molecule has 12 bridgehead atoms. The van der Waals surface area contributed by atoms with Crippen molar-refractivity contribution in [2.45, 2.75) is 62.3 Å². The van der Waals surface area contributed by atoms with E-state index in [2.05, 4.69) is 129 Å². The van der Waals surface area contributed by atoms with Crippen LogP contribution in [0, 0.1) is 16.2 Å². The third-order valence-electron chi connectivity index (χ3n) is 11.9. The van der Waals surface area contributed by atoms with Gasteiger partial charge in [0.05, 0.1) is 88.2 Å². The molecule has 10 rings (SSSR count). The van der Waals surface area contributed by atoms with Crippen molar-refractivity contribution >= 4 is 17.4 Å². The maximum Gasteiger partial charge on any atom is 0.119 e. The molecular formula is C63H60N6O3. The summed E-state index contributed by atoms with van der Waals surface area (Å²) in [5, 5.41) is 0. The van der Waals surface area contributed by atoms with E-state index in [9.17, 15) is 0 Å². The Balaban J connectivity index is 1.14. The molecule has 3 aromatic carbocycles. The highest BCUT2D eigenvalue weighted by Crippen LogP contribution is 2.37. The third kappa shape index (κ3) is 11.4. The molecule has 360 valence electrons. The van der Waals surface area contributed by atoms with E-state index >= 15 is 0 Å². The van der Waals surface area contributed by atoms with Gasteiger partial charge < -0.3 is 14.2 Å². The van der Waals surface area contributed by atoms with E-state index < -0.39 is 0 Å². The minimum atomic E-state index is 0.0309. The van der Waals surface area contributed by atoms with Gasteiger partial charge in [-0.1, -0.05) is 117 Å². The summed E-state index contributed by atoms with van der Waals surface area (Å²) in [4.78, 5) is 31.7. The van der Waals surface area contributed by atoms with Crippen LogP contribution in [-0.2, 0) is 0 Å². The summed E-state index contributed by atoms with van der Waals surface area (Å²) in [6, 6.07) is 51.1. The summed E-state index contributed by atoms with van der Waals surface area (Å²) in [6.07, 6.45) is 4.14. The molecule has 0 aliphatic carbocycles. The van der Waals surface area contributed by atoms with Gasteiger partial charge >= 0.3 is 0 Å². The Morgan fingerprint density at radius 2 is 0.681 bits per heavy atom. The average molecular weight is 949 g/mol. The van der Waals surface area contributed by atoms with Crippen LogP contribution in [0.15, 0.2) is 168 Å². The average Bonchev–Trinajstić information content (AvgIpc) is 3.80. The molecule has 0 amide bonds. The van der Waals surface area contributed by atoms with Crippen molar-refractivity contribution in [2.75, 3.05) is 19.8 Å². The van der Waals surface area contributed by atoms with Crippen LogP contribution < -0.4 is 14.2 Å². The molecule has 72 heavy (non-hydrogen) atoms. The Morgan fingerprint density at radius 1 is 0.333 bits per heavy atom. The maximum atomic E-state index is 6.17. The van der Waals surface area contributed by atoms with Crippen LogP contribution in [0.5, 0.6) is 17.2 Å². The smallest absolute Gasteiger partial charge is 0.119 e. The maximum absolute atomic E-state index is 6.17. The van der Waals surface area contributed by atoms with Gasteiger partial charge in [0.1, 0.15) is 17.2 Å². The van der Waals surface area contributed by atoms with Crippen molar-refractivity contribution < 1.29 is 14.2 Å². The van der Waals surface area contributed by atoms with Crippen molar-refractivity contribution in [3.63, 3.8) is 0 Å². The number of rotatable bonds is 9. The van der Waals surface area contributed by atoms with Crippen molar-refractivity contribution in [1.29, 1.82) is 0 Å². The highest BCUT2D eigenvalue weighted by atomic mass is 16.5. The first-order chi connectivity index (χ1) is 34.4. The third-order valence-corrected chi connectivity index (χ3v) is 11.9. The van der Waals surface area contributed by atoms with Gasteiger partial charge in [-0.3, -0.25) is 0 Å². The van der Waals surface area contributed by atoms with Gasteiger partial charge in [-0.15, -0.1) is 0 Å². The first-order valence-electron chi connectivity index (χ1n) is 24.6. The minimum Gasteiger partial charge on any atom is -0.493 e. The molecule has 7 heterocycles. The summed E-state index contributed by atoms with van der Waals surface area (Å²) < 4.78 is 18.5. The van der Waals surface area contributed by atoms with Crippen LogP contribution >= 0.6 is 0 Å². The van der Waals surface area contributed by atoms with Crippen LogP contribution in [0.2, 0.25) is 0 Å². The second-order valence-electron chi connectivity index (χ2n) is 22.2. The highest BCUT2D eigenvalue weighted by Gasteiger charge is 2.22. The summed E-state index contributed by atoms with van der Waals surface area (Å²) >= 11 is 0. The SMILES string of the molecule is CC(C)(C)COc1ccc(C2=CC3=NC2=Cc2cccc(n2)-c2cc(-c4ccc(OCC(C)(C)C)cc4)cc(n2)-c2cccc(n2)-c2cc(-c4ccc(OCC(C)(C)C)cc4)cc(n2)-c2cccc3n2)cc1. The van der Waals surface area contributed by atoms with Crippen LogP contribution in [0.4, 0.5) is 0 Å². The lowest BCUT2D eigenvalue weighted by Crippen LogP contribution is -2.16. The Bertz CT molecular complexity index is 3390. The van der Waals surface area contributed by atoms with Crippen LogP contribution in [0.1, 0.15) is 79.3 Å². The first-order valence-corrected chi connectivity index (χ1v) is 24.6. The van der Waals surface area contributed by atoms with Crippen molar-refractivity contribution in [3.8, 4) is 85.1 Å². The lowest BCUT2D eigenvalue weighted by Gasteiger charge is -2.19. The lowest BCUT2D eigenvalue weighted by atomic mass is 9.98. The molecule has 0 fully saturated rings. The van der Waals surface area contributed by atoms with Crippen molar-refractivity contribution in [2.24, 2.45) is 21.2 Å². The molecule has 9 heteroatoms.